The zero-order valence-electron chi connectivity index (χ0n) is 18.8. The van der Waals surface area contributed by atoms with Crippen LogP contribution in [0, 0.1) is 12.8 Å². The first-order valence-corrected chi connectivity index (χ1v) is 11.9. The van der Waals surface area contributed by atoms with E-state index in [9.17, 15) is 9.90 Å². The molecule has 0 aromatic carbocycles. The van der Waals surface area contributed by atoms with Gasteiger partial charge in [-0.05, 0) is 51.0 Å². The minimum absolute atomic E-state index is 0.120. The lowest BCUT2D eigenvalue weighted by molar-refractivity contribution is -0.143. The number of aromatic nitrogens is 6. The number of hydrogen-bond donors (Lipinski definition) is 1. The Labute approximate surface area is 195 Å². The molecule has 1 aliphatic rings. The number of carboxylic acid groups (broad SMARTS) is 1. The van der Waals surface area contributed by atoms with E-state index < -0.39 is 5.97 Å². The smallest absolute Gasteiger partial charge is 0.306 e. The van der Waals surface area contributed by atoms with E-state index in [2.05, 4.69) is 25.3 Å². The largest absolute Gasteiger partial charge is 0.489 e. The summed E-state index contributed by atoms with van der Waals surface area (Å²) < 4.78 is 13.6. The summed E-state index contributed by atoms with van der Waals surface area (Å²) in [5.74, 6) is 0.0291. The third-order valence-corrected chi connectivity index (χ3v) is 6.32. The SMILES string of the molecule is CSc1cc(OCc2c(-c3ccc(O[C@H]4CCC[C@H](C(=O)O)C4)c(C)n3)nnn2C)ncn1. The Hall–Kier alpha value is -3.21. The molecule has 0 amide bonds. The molecule has 0 aliphatic heterocycles. The van der Waals surface area contributed by atoms with Gasteiger partial charge in [0.05, 0.1) is 23.4 Å². The summed E-state index contributed by atoms with van der Waals surface area (Å²) in [6.45, 7) is 2.09. The van der Waals surface area contributed by atoms with Gasteiger partial charge in [-0.15, -0.1) is 16.9 Å². The van der Waals surface area contributed by atoms with E-state index in [1.807, 2.05) is 25.3 Å². The van der Waals surface area contributed by atoms with Crippen LogP contribution in [0.15, 0.2) is 29.6 Å². The minimum Gasteiger partial charge on any atom is -0.489 e. The number of carbonyl (C=O) groups is 1. The normalized spacial score (nSPS) is 18.2. The number of rotatable bonds is 8. The van der Waals surface area contributed by atoms with Gasteiger partial charge in [0, 0.05) is 13.1 Å². The fourth-order valence-corrected chi connectivity index (χ4v) is 4.23. The highest BCUT2D eigenvalue weighted by atomic mass is 32.2. The van der Waals surface area contributed by atoms with Gasteiger partial charge in [-0.3, -0.25) is 4.79 Å². The van der Waals surface area contributed by atoms with Crippen LogP contribution in [-0.4, -0.2) is 53.4 Å². The van der Waals surface area contributed by atoms with Crippen molar-refractivity contribution in [3.8, 4) is 23.0 Å². The predicted molar refractivity (Wildman–Crippen MR) is 121 cm³/mol. The number of nitrogens with zero attached hydrogens (tertiary/aromatic N) is 6. The van der Waals surface area contributed by atoms with Crippen molar-refractivity contribution in [2.24, 2.45) is 13.0 Å². The molecule has 1 aliphatic carbocycles. The van der Waals surface area contributed by atoms with E-state index in [4.69, 9.17) is 9.47 Å². The second kappa shape index (κ2) is 10.2. The van der Waals surface area contributed by atoms with Gasteiger partial charge in [0.15, 0.2) is 0 Å². The van der Waals surface area contributed by atoms with E-state index in [1.54, 1.807) is 17.8 Å². The Morgan fingerprint density at radius 1 is 1.30 bits per heavy atom. The fraction of sp³-hybridized carbons (Fsp3) is 0.455. The Kier molecular flexibility index (Phi) is 7.07. The maximum absolute atomic E-state index is 11.3. The molecule has 0 spiro atoms. The molecular formula is C22H26N6O4S. The molecule has 3 aromatic heterocycles. The summed E-state index contributed by atoms with van der Waals surface area (Å²) in [5.41, 5.74) is 2.75. The average Bonchev–Trinajstić information content (AvgIpc) is 3.19. The van der Waals surface area contributed by atoms with Gasteiger partial charge in [-0.1, -0.05) is 5.21 Å². The maximum atomic E-state index is 11.3. The molecule has 10 nitrogen and oxygen atoms in total. The van der Waals surface area contributed by atoms with Gasteiger partial charge in [0.1, 0.15) is 35.1 Å². The number of hydrogen-bond acceptors (Lipinski definition) is 9. The molecule has 1 N–H and O–H groups in total. The molecule has 0 bridgehead atoms. The first-order chi connectivity index (χ1) is 15.9. The fourth-order valence-electron chi connectivity index (χ4n) is 3.85. The molecular weight excluding hydrogens is 444 g/mol. The summed E-state index contributed by atoms with van der Waals surface area (Å²) in [4.78, 5) is 24.3. The van der Waals surface area contributed by atoms with Crippen LogP contribution in [0.5, 0.6) is 11.6 Å². The van der Waals surface area contributed by atoms with Gasteiger partial charge >= 0.3 is 5.97 Å². The van der Waals surface area contributed by atoms with Crippen LogP contribution in [0.4, 0.5) is 0 Å². The topological polar surface area (TPSA) is 125 Å². The van der Waals surface area contributed by atoms with Crippen LogP contribution in [0.25, 0.3) is 11.4 Å². The van der Waals surface area contributed by atoms with Crippen LogP contribution >= 0.6 is 11.8 Å². The highest BCUT2D eigenvalue weighted by Gasteiger charge is 2.28. The van der Waals surface area contributed by atoms with Crippen LogP contribution in [0.3, 0.4) is 0 Å². The van der Waals surface area contributed by atoms with Crippen LogP contribution < -0.4 is 9.47 Å². The Morgan fingerprint density at radius 3 is 2.91 bits per heavy atom. The number of pyridine rings is 1. The summed E-state index contributed by atoms with van der Waals surface area (Å²) >= 11 is 1.51. The number of carboxylic acids is 1. The monoisotopic (exact) mass is 470 g/mol. The van der Waals surface area contributed by atoms with Crippen molar-refractivity contribution in [3.05, 3.63) is 35.9 Å². The molecule has 1 fully saturated rings. The lowest BCUT2D eigenvalue weighted by Gasteiger charge is -2.27. The molecule has 4 rings (SSSR count). The average molecular weight is 471 g/mol. The predicted octanol–water partition coefficient (Wildman–Crippen LogP) is 3.30. The van der Waals surface area contributed by atoms with Crippen LogP contribution in [0.1, 0.15) is 37.1 Å². The third kappa shape index (κ3) is 5.41. The van der Waals surface area contributed by atoms with E-state index in [0.717, 1.165) is 23.6 Å². The Bertz CT molecular complexity index is 1140. The van der Waals surface area contributed by atoms with Crippen LogP contribution in [0.2, 0.25) is 0 Å². The molecule has 33 heavy (non-hydrogen) atoms. The maximum Gasteiger partial charge on any atom is 0.306 e. The molecule has 0 unspecified atom stereocenters. The molecule has 3 heterocycles. The third-order valence-electron chi connectivity index (χ3n) is 5.67. The van der Waals surface area contributed by atoms with Gasteiger partial charge < -0.3 is 14.6 Å². The van der Waals surface area contributed by atoms with Gasteiger partial charge in [-0.2, -0.15) is 0 Å². The lowest BCUT2D eigenvalue weighted by Crippen LogP contribution is -2.29. The Balaban J connectivity index is 1.48. The summed E-state index contributed by atoms with van der Waals surface area (Å²) in [7, 11) is 1.80. The summed E-state index contributed by atoms with van der Waals surface area (Å²) in [6.07, 6.45) is 6.21. The minimum atomic E-state index is -0.752. The molecule has 2 atom stereocenters. The van der Waals surface area contributed by atoms with E-state index in [-0.39, 0.29) is 18.6 Å². The van der Waals surface area contributed by atoms with E-state index >= 15 is 0 Å². The summed E-state index contributed by atoms with van der Waals surface area (Å²) in [5, 5.41) is 18.5. The van der Waals surface area contributed by atoms with E-state index in [0.29, 0.717) is 41.6 Å². The molecule has 11 heteroatoms. The zero-order chi connectivity index (χ0) is 23.4. The second-order valence-electron chi connectivity index (χ2n) is 7.92. The zero-order valence-corrected chi connectivity index (χ0v) is 19.6. The first-order valence-electron chi connectivity index (χ1n) is 10.7. The number of thioether (sulfide) groups is 1. The van der Waals surface area contributed by atoms with Crippen molar-refractivity contribution < 1.29 is 19.4 Å². The second-order valence-corrected chi connectivity index (χ2v) is 8.74. The van der Waals surface area contributed by atoms with Gasteiger partial charge in [0.2, 0.25) is 5.88 Å². The Morgan fingerprint density at radius 2 is 2.15 bits per heavy atom. The van der Waals surface area contributed by atoms with Crippen LogP contribution in [-0.2, 0) is 18.4 Å². The van der Waals surface area contributed by atoms with Crippen molar-refractivity contribution in [2.45, 2.75) is 50.3 Å². The molecule has 0 radical (unpaired) electrons. The van der Waals surface area contributed by atoms with Crippen molar-refractivity contribution in [1.82, 2.24) is 29.9 Å². The van der Waals surface area contributed by atoms with Gasteiger partial charge in [0.25, 0.3) is 0 Å². The number of aryl methyl sites for hydroxylation is 2. The van der Waals surface area contributed by atoms with Crippen molar-refractivity contribution >= 4 is 17.7 Å². The van der Waals surface area contributed by atoms with Gasteiger partial charge in [-0.25, -0.2) is 19.6 Å². The molecule has 0 saturated heterocycles. The molecule has 3 aromatic rings. The van der Waals surface area contributed by atoms with Crippen molar-refractivity contribution in [1.29, 1.82) is 0 Å². The quantitative estimate of drug-likeness (QED) is 0.387. The summed E-state index contributed by atoms with van der Waals surface area (Å²) in [6, 6.07) is 5.48. The van der Waals surface area contributed by atoms with Crippen molar-refractivity contribution in [3.63, 3.8) is 0 Å². The molecule has 1 saturated carbocycles. The highest BCUT2D eigenvalue weighted by Crippen LogP contribution is 2.30. The van der Waals surface area contributed by atoms with E-state index in [1.165, 1.54) is 18.1 Å². The number of ether oxygens (including phenoxy) is 2. The van der Waals surface area contributed by atoms with Crippen molar-refractivity contribution in [2.75, 3.05) is 6.26 Å². The lowest BCUT2D eigenvalue weighted by atomic mass is 9.87. The first kappa shape index (κ1) is 23.0. The molecule has 174 valence electrons. The highest BCUT2D eigenvalue weighted by molar-refractivity contribution is 7.98. The standard InChI is InChI=1S/C22H26N6O4S/c1-13-18(32-15-6-4-5-14(9-15)22(29)30)8-7-16(25-13)21-17(28(2)27-26-21)11-31-19-10-20(33-3)24-12-23-19/h7-8,10,12,14-15H,4-6,9,11H2,1-3H3,(H,29,30)/t14-,15-/m0/s1. The number of aliphatic carboxylic acids is 1.